The fourth-order valence-corrected chi connectivity index (χ4v) is 4.54. The van der Waals surface area contributed by atoms with Crippen LogP contribution in [-0.4, -0.2) is 35.1 Å². The molecule has 0 aliphatic heterocycles. The number of carbonyl (C=O) groups excluding carboxylic acids is 2. The number of benzene rings is 2. The van der Waals surface area contributed by atoms with Crippen LogP contribution in [0.5, 0.6) is 0 Å². The van der Waals surface area contributed by atoms with E-state index in [0.29, 0.717) is 30.1 Å². The zero-order chi connectivity index (χ0) is 22.8. The molecule has 7 heteroatoms. The van der Waals surface area contributed by atoms with Crippen LogP contribution in [0.4, 0.5) is 4.39 Å². The number of amides is 2. The first-order valence-electron chi connectivity index (χ1n) is 10.5. The van der Waals surface area contributed by atoms with Crippen molar-refractivity contribution in [1.82, 2.24) is 10.2 Å². The van der Waals surface area contributed by atoms with Gasteiger partial charge in [-0.2, -0.15) is 0 Å². The lowest BCUT2D eigenvalue weighted by atomic mass is 10.1. The van der Waals surface area contributed by atoms with E-state index in [0.717, 1.165) is 17.5 Å². The second-order valence-corrected chi connectivity index (χ2v) is 8.81. The van der Waals surface area contributed by atoms with E-state index in [-0.39, 0.29) is 29.1 Å². The Bertz CT molecular complexity index is 873. The van der Waals surface area contributed by atoms with Crippen LogP contribution in [0, 0.1) is 12.7 Å². The summed E-state index contributed by atoms with van der Waals surface area (Å²) in [5, 5.41) is 3.26. The van der Waals surface area contributed by atoms with Crippen LogP contribution in [0.2, 0.25) is 5.02 Å². The zero-order valence-corrected chi connectivity index (χ0v) is 19.9. The third kappa shape index (κ3) is 7.54. The van der Waals surface area contributed by atoms with Crippen molar-refractivity contribution in [2.24, 2.45) is 0 Å². The average Bonchev–Trinajstić information content (AvgIpc) is 2.74. The van der Waals surface area contributed by atoms with Gasteiger partial charge in [0.2, 0.25) is 11.8 Å². The van der Waals surface area contributed by atoms with Gasteiger partial charge in [-0.25, -0.2) is 4.39 Å². The van der Waals surface area contributed by atoms with Crippen LogP contribution < -0.4 is 5.32 Å². The summed E-state index contributed by atoms with van der Waals surface area (Å²) < 4.78 is 14.0. The number of carbonyl (C=O) groups is 2. The summed E-state index contributed by atoms with van der Waals surface area (Å²) >= 11 is 7.39. The maximum absolute atomic E-state index is 14.0. The molecule has 0 bridgehead atoms. The largest absolute Gasteiger partial charge is 0.354 e. The molecule has 0 aliphatic rings. The van der Waals surface area contributed by atoms with Crippen molar-refractivity contribution >= 4 is 35.2 Å². The summed E-state index contributed by atoms with van der Waals surface area (Å²) in [6.07, 6.45) is 1.34. The number of hydrogen-bond donors (Lipinski definition) is 1. The van der Waals surface area contributed by atoms with Crippen molar-refractivity contribution in [3.05, 3.63) is 70.0 Å². The molecular weight excluding hydrogens is 435 g/mol. The molecule has 2 rings (SSSR count). The molecule has 4 nitrogen and oxygen atoms in total. The van der Waals surface area contributed by atoms with Crippen molar-refractivity contribution in [3.63, 3.8) is 0 Å². The smallest absolute Gasteiger partial charge is 0.242 e. The highest BCUT2D eigenvalue weighted by Crippen LogP contribution is 2.24. The van der Waals surface area contributed by atoms with E-state index in [4.69, 9.17) is 11.6 Å². The SMILES string of the molecule is CCCNC(=O)C(CC)N(Cc1cccc(C)c1)C(=O)CSCc1c(F)cccc1Cl. The molecule has 0 aromatic heterocycles. The van der Waals surface area contributed by atoms with Gasteiger partial charge in [0, 0.05) is 29.4 Å². The third-order valence-corrected chi connectivity index (χ3v) is 6.20. The van der Waals surface area contributed by atoms with Gasteiger partial charge in [-0.3, -0.25) is 9.59 Å². The van der Waals surface area contributed by atoms with Crippen LogP contribution in [-0.2, 0) is 21.9 Å². The number of halogens is 2. The predicted molar refractivity (Wildman–Crippen MR) is 127 cm³/mol. The first-order valence-corrected chi connectivity index (χ1v) is 12.0. The van der Waals surface area contributed by atoms with E-state index in [2.05, 4.69) is 5.32 Å². The topological polar surface area (TPSA) is 49.4 Å². The maximum atomic E-state index is 14.0. The van der Waals surface area contributed by atoms with E-state index >= 15 is 0 Å². The highest BCUT2D eigenvalue weighted by Gasteiger charge is 2.28. The van der Waals surface area contributed by atoms with Crippen molar-refractivity contribution < 1.29 is 14.0 Å². The van der Waals surface area contributed by atoms with E-state index in [1.54, 1.807) is 17.0 Å². The molecule has 2 aromatic carbocycles. The lowest BCUT2D eigenvalue weighted by Gasteiger charge is -2.30. The van der Waals surface area contributed by atoms with Gasteiger partial charge < -0.3 is 10.2 Å². The van der Waals surface area contributed by atoms with Gasteiger partial charge in [-0.1, -0.05) is 61.3 Å². The molecule has 0 saturated heterocycles. The lowest BCUT2D eigenvalue weighted by molar-refractivity contribution is -0.139. The fraction of sp³-hybridized carbons (Fsp3) is 0.417. The Kier molecular flexibility index (Phi) is 10.3. The quantitative estimate of drug-likeness (QED) is 0.487. The number of nitrogens with zero attached hydrogens (tertiary/aromatic N) is 1. The van der Waals surface area contributed by atoms with Crippen molar-refractivity contribution in [2.75, 3.05) is 12.3 Å². The van der Waals surface area contributed by atoms with Gasteiger partial charge in [-0.15, -0.1) is 11.8 Å². The minimum absolute atomic E-state index is 0.133. The molecule has 1 N–H and O–H groups in total. The number of thioether (sulfide) groups is 1. The van der Waals surface area contributed by atoms with Crippen LogP contribution in [0.25, 0.3) is 0 Å². The number of nitrogens with one attached hydrogen (secondary N) is 1. The van der Waals surface area contributed by atoms with Crippen LogP contribution >= 0.6 is 23.4 Å². The molecule has 2 aromatic rings. The molecule has 2 amide bonds. The van der Waals surface area contributed by atoms with Crippen LogP contribution in [0.15, 0.2) is 42.5 Å². The summed E-state index contributed by atoms with van der Waals surface area (Å²) in [7, 11) is 0. The summed E-state index contributed by atoms with van der Waals surface area (Å²) in [5.74, 6) is -0.262. The summed E-state index contributed by atoms with van der Waals surface area (Å²) in [6.45, 7) is 6.80. The highest BCUT2D eigenvalue weighted by atomic mass is 35.5. The van der Waals surface area contributed by atoms with Gasteiger partial charge in [0.1, 0.15) is 11.9 Å². The van der Waals surface area contributed by atoms with E-state index in [1.165, 1.54) is 17.8 Å². The normalized spacial score (nSPS) is 11.8. The molecule has 0 heterocycles. The molecule has 0 saturated carbocycles. The molecule has 0 fully saturated rings. The molecule has 1 atom stereocenters. The zero-order valence-electron chi connectivity index (χ0n) is 18.3. The highest BCUT2D eigenvalue weighted by molar-refractivity contribution is 7.99. The Balaban J connectivity index is 2.15. The third-order valence-electron chi connectivity index (χ3n) is 4.90. The minimum Gasteiger partial charge on any atom is -0.354 e. The fourth-order valence-electron chi connectivity index (χ4n) is 3.29. The molecule has 31 heavy (non-hydrogen) atoms. The van der Waals surface area contributed by atoms with Gasteiger partial charge in [-0.05, 0) is 37.5 Å². The lowest BCUT2D eigenvalue weighted by Crippen LogP contribution is -2.49. The molecule has 0 aliphatic carbocycles. The monoisotopic (exact) mass is 464 g/mol. The van der Waals surface area contributed by atoms with Crippen molar-refractivity contribution in [3.8, 4) is 0 Å². The van der Waals surface area contributed by atoms with E-state index in [1.807, 2.05) is 45.0 Å². The van der Waals surface area contributed by atoms with E-state index < -0.39 is 6.04 Å². The minimum atomic E-state index is -0.558. The second kappa shape index (κ2) is 12.7. The van der Waals surface area contributed by atoms with Gasteiger partial charge >= 0.3 is 0 Å². The Morgan fingerprint density at radius 2 is 1.94 bits per heavy atom. The van der Waals surface area contributed by atoms with Gasteiger partial charge in [0.05, 0.1) is 5.75 Å². The number of hydrogen-bond acceptors (Lipinski definition) is 3. The molecule has 0 radical (unpaired) electrons. The van der Waals surface area contributed by atoms with Crippen molar-refractivity contribution in [2.45, 2.75) is 52.0 Å². The maximum Gasteiger partial charge on any atom is 0.242 e. The summed E-state index contributed by atoms with van der Waals surface area (Å²) in [6, 6.07) is 11.9. The Hall–Kier alpha value is -2.05. The summed E-state index contributed by atoms with van der Waals surface area (Å²) in [4.78, 5) is 27.5. The Morgan fingerprint density at radius 3 is 2.58 bits per heavy atom. The Labute approximate surface area is 193 Å². The van der Waals surface area contributed by atoms with Crippen LogP contribution in [0.3, 0.4) is 0 Å². The number of aryl methyl sites for hydroxylation is 1. The standard InChI is InChI=1S/C24H30ClFN2O2S/c1-4-12-27-24(30)22(5-2)28(14-18-9-6-8-17(3)13-18)23(29)16-31-15-19-20(25)10-7-11-21(19)26/h6-11,13,22H,4-5,12,14-16H2,1-3H3,(H,27,30). The molecular formula is C24H30ClFN2O2S. The number of rotatable bonds is 11. The van der Waals surface area contributed by atoms with Gasteiger partial charge in [0.25, 0.3) is 0 Å². The van der Waals surface area contributed by atoms with Crippen LogP contribution in [0.1, 0.15) is 43.4 Å². The summed E-state index contributed by atoms with van der Waals surface area (Å²) in [5.41, 5.74) is 2.45. The molecule has 0 spiro atoms. The predicted octanol–water partition coefficient (Wildman–Crippen LogP) is 5.35. The van der Waals surface area contributed by atoms with Gasteiger partial charge in [0.15, 0.2) is 0 Å². The average molecular weight is 465 g/mol. The first-order chi connectivity index (χ1) is 14.9. The first kappa shape index (κ1) is 25.2. The van der Waals surface area contributed by atoms with E-state index in [9.17, 15) is 14.0 Å². The second-order valence-electron chi connectivity index (χ2n) is 7.42. The molecule has 168 valence electrons. The molecule has 1 unspecified atom stereocenters. The Morgan fingerprint density at radius 1 is 1.19 bits per heavy atom. The van der Waals surface area contributed by atoms with Crippen molar-refractivity contribution in [1.29, 1.82) is 0 Å².